The van der Waals surface area contributed by atoms with Gasteiger partial charge in [-0.15, -0.1) is 0 Å². The van der Waals surface area contributed by atoms with E-state index in [9.17, 15) is 14.7 Å². The van der Waals surface area contributed by atoms with Crippen LogP contribution in [0.1, 0.15) is 98.8 Å². The van der Waals surface area contributed by atoms with Crippen molar-refractivity contribution >= 4 is 11.9 Å². The summed E-state index contributed by atoms with van der Waals surface area (Å²) in [7, 11) is 0. The van der Waals surface area contributed by atoms with Crippen molar-refractivity contribution in [2.75, 3.05) is 6.61 Å². The predicted octanol–water partition coefficient (Wildman–Crippen LogP) is 6.33. The van der Waals surface area contributed by atoms with E-state index >= 15 is 0 Å². The molecule has 2 saturated carbocycles. The Morgan fingerprint density at radius 3 is 2.38 bits per heavy atom. The van der Waals surface area contributed by atoms with Crippen molar-refractivity contribution in [3.8, 4) is 0 Å². The molecule has 0 radical (unpaired) electrons. The van der Waals surface area contributed by atoms with Crippen molar-refractivity contribution < 1.29 is 19.4 Å². The van der Waals surface area contributed by atoms with Gasteiger partial charge in [-0.25, -0.2) is 0 Å². The van der Waals surface area contributed by atoms with Crippen molar-refractivity contribution in [3.63, 3.8) is 0 Å². The lowest BCUT2D eigenvalue weighted by atomic mass is 9.57. The number of carboxylic acids is 1. The average molecular weight is 409 g/mol. The Hall–Kier alpha value is -1.06. The van der Waals surface area contributed by atoms with Crippen LogP contribution < -0.4 is 0 Å². The summed E-state index contributed by atoms with van der Waals surface area (Å²) in [6.07, 6.45) is 10.9. The lowest BCUT2D eigenvalue weighted by Crippen LogP contribution is -2.44. The van der Waals surface area contributed by atoms with Gasteiger partial charge in [0.15, 0.2) is 0 Å². The summed E-state index contributed by atoms with van der Waals surface area (Å²) in [6.45, 7) is 11.9. The smallest absolute Gasteiger partial charge is 0.309 e. The zero-order chi connectivity index (χ0) is 21.6. The fourth-order valence-electron chi connectivity index (χ4n) is 6.04. The summed E-state index contributed by atoms with van der Waals surface area (Å²) in [6, 6.07) is 0. The van der Waals surface area contributed by atoms with Gasteiger partial charge in [-0.05, 0) is 61.2 Å². The van der Waals surface area contributed by atoms with Gasteiger partial charge in [0, 0.05) is 0 Å². The molecule has 29 heavy (non-hydrogen) atoms. The van der Waals surface area contributed by atoms with Crippen LogP contribution in [0.25, 0.3) is 0 Å². The number of ether oxygens (including phenoxy) is 1. The minimum Gasteiger partial charge on any atom is -0.481 e. The van der Waals surface area contributed by atoms with Gasteiger partial charge in [-0.2, -0.15) is 0 Å². The van der Waals surface area contributed by atoms with Gasteiger partial charge in [0.05, 0.1) is 18.4 Å². The van der Waals surface area contributed by atoms with Gasteiger partial charge in [0.25, 0.3) is 0 Å². The molecule has 4 heteroatoms. The minimum atomic E-state index is -0.850. The summed E-state index contributed by atoms with van der Waals surface area (Å²) in [5.74, 6) is -0.0716. The number of hydrogen-bond donors (Lipinski definition) is 1. The first kappa shape index (κ1) is 24.2. The summed E-state index contributed by atoms with van der Waals surface area (Å²) in [4.78, 5) is 24.4. The van der Waals surface area contributed by atoms with Gasteiger partial charge in [-0.3, -0.25) is 9.59 Å². The number of carbonyl (C=O) groups is 2. The lowest BCUT2D eigenvalue weighted by Gasteiger charge is -2.48. The van der Waals surface area contributed by atoms with E-state index in [1.54, 1.807) is 0 Å². The summed E-state index contributed by atoms with van der Waals surface area (Å²) >= 11 is 0. The number of unbranched alkanes of at least 4 members (excludes halogenated alkanes) is 3. The highest BCUT2D eigenvalue weighted by atomic mass is 16.5. The second-order valence-corrected chi connectivity index (χ2v) is 10.6. The molecule has 6 unspecified atom stereocenters. The molecule has 0 spiro atoms. The number of carboxylic acid groups (broad SMARTS) is 1. The summed E-state index contributed by atoms with van der Waals surface area (Å²) in [5.41, 5.74) is 0.150. The molecule has 0 amide bonds. The van der Waals surface area contributed by atoms with Crippen molar-refractivity contribution in [1.29, 1.82) is 0 Å². The van der Waals surface area contributed by atoms with Crippen molar-refractivity contribution in [2.45, 2.75) is 98.8 Å². The Kier molecular flexibility index (Phi) is 9.03. The maximum atomic E-state index is 12.8. The second kappa shape index (κ2) is 10.8. The van der Waals surface area contributed by atoms with E-state index in [0.29, 0.717) is 37.2 Å². The molecular weight excluding hydrogens is 364 g/mol. The third kappa shape index (κ3) is 6.21. The third-order valence-electron chi connectivity index (χ3n) is 8.19. The third-order valence-corrected chi connectivity index (χ3v) is 8.19. The molecule has 2 aliphatic rings. The van der Waals surface area contributed by atoms with Crippen molar-refractivity contribution in [1.82, 2.24) is 0 Å². The fourth-order valence-corrected chi connectivity index (χ4v) is 6.04. The maximum absolute atomic E-state index is 12.8. The second-order valence-electron chi connectivity index (χ2n) is 10.6. The van der Waals surface area contributed by atoms with Crippen LogP contribution in [-0.4, -0.2) is 23.7 Å². The van der Waals surface area contributed by atoms with Crippen LogP contribution in [0, 0.1) is 40.9 Å². The van der Waals surface area contributed by atoms with Crippen molar-refractivity contribution in [3.05, 3.63) is 0 Å². The SMILES string of the molecule is CCCCCCC1C(C)CCC(COC(=O)C2CCC(C)CC2C(=O)O)C1(C)C. The summed E-state index contributed by atoms with van der Waals surface area (Å²) in [5, 5.41) is 9.55. The van der Waals surface area contributed by atoms with E-state index in [0.717, 1.165) is 18.8 Å². The van der Waals surface area contributed by atoms with Crippen molar-refractivity contribution in [2.24, 2.45) is 40.9 Å². The zero-order valence-electron chi connectivity index (χ0n) is 19.4. The van der Waals surface area contributed by atoms with E-state index in [1.165, 1.54) is 38.5 Å². The molecule has 0 aliphatic heterocycles. The van der Waals surface area contributed by atoms with E-state index in [1.807, 2.05) is 0 Å². The molecule has 0 saturated heterocycles. The maximum Gasteiger partial charge on any atom is 0.309 e. The van der Waals surface area contributed by atoms with E-state index < -0.39 is 17.8 Å². The number of aliphatic carboxylic acids is 1. The summed E-state index contributed by atoms with van der Waals surface area (Å²) < 4.78 is 5.80. The topological polar surface area (TPSA) is 63.6 Å². The van der Waals surface area contributed by atoms with E-state index in [4.69, 9.17) is 4.74 Å². The molecule has 0 aromatic carbocycles. The molecule has 168 valence electrons. The number of rotatable bonds is 9. The Balaban J connectivity index is 1.94. The molecule has 2 aliphatic carbocycles. The molecule has 0 aromatic rings. The van der Waals surface area contributed by atoms with E-state index in [-0.39, 0.29) is 11.4 Å². The number of carbonyl (C=O) groups excluding carboxylic acids is 1. The quantitative estimate of drug-likeness (QED) is 0.358. The van der Waals surface area contributed by atoms with Crippen LogP contribution >= 0.6 is 0 Å². The fraction of sp³-hybridized carbons (Fsp3) is 0.920. The molecule has 4 nitrogen and oxygen atoms in total. The van der Waals surface area contributed by atoms with E-state index in [2.05, 4.69) is 34.6 Å². The van der Waals surface area contributed by atoms with Gasteiger partial charge < -0.3 is 9.84 Å². The average Bonchev–Trinajstić information content (AvgIpc) is 2.66. The monoisotopic (exact) mass is 408 g/mol. The number of hydrogen-bond acceptors (Lipinski definition) is 3. The van der Waals surface area contributed by atoms with Gasteiger partial charge in [0.2, 0.25) is 0 Å². The first-order valence-electron chi connectivity index (χ1n) is 12.1. The highest BCUT2D eigenvalue weighted by molar-refractivity contribution is 5.81. The normalized spacial score (nSPS) is 34.5. The molecular formula is C25H44O4. The largest absolute Gasteiger partial charge is 0.481 e. The highest BCUT2D eigenvalue weighted by Gasteiger charge is 2.44. The van der Waals surface area contributed by atoms with Crippen LogP contribution in [0.4, 0.5) is 0 Å². The zero-order valence-corrected chi connectivity index (χ0v) is 19.4. The Morgan fingerprint density at radius 2 is 1.72 bits per heavy atom. The van der Waals surface area contributed by atoms with Crippen LogP contribution in [0.2, 0.25) is 0 Å². The number of esters is 1. The lowest BCUT2D eigenvalue weighted by molar-refractivity contribution is -0.163. The first-order valence-corrected chi connectivity index (χ1v) is 12.1. The predicted molar refractivity (Wildman–Crippen MR) is 117 cm³/mol. The molecule has 6 atom stereocenters. The molecule has 0 aromatic heterocycles. The van der Waals surface area contributed by atoms with Crippen LogP contribution in [0.3, 0.4) is 0 Å². The molecule has 2 rings (SSSR count). The molecule has 0 bridgehead atoms. The molecule has 1 N–H and O–H groups in total. The van der Waals surface area contributed by atoms with Gasteiger partial charge in [0.1, 0.15) is 0 Å². The first-order chi connectivity index (χ1) is 13.7. The van der Waals surface area contributed by atoms with Crippen LogP contribution in [0.5, 0.6) is 0 Å². The standard InChI is InChI=1S/C25H44O4/c1-6-7-8-9-10-22-18(3)12-13-19(25(22,4)5)16-29-24(28)20-14-11-17(2)15-21(20)23(26)27/h17-22H,6-16H2,1-5H3,(H,26,27). The minimum absolute atomic E-state index is 0.150. The molecule has 0 heterocycles. The van der Waals surface area contributed by atoms with Crippen LogP contribution in [-0.2, 0) is 14.3 Å². The van der Waals surface area contributed by atoms with Gasteiger partial charge >= 0.3 is 11.9 Å². The Bertz CT molecular complexity index is 541. The highest BCUT2D eigenvalue weighted by Crippen LogP contribution is 2.50. The Morgan fingerprint density at radius 1 is 1.00 bits per heavy atom. The Labute approximate surface area is 178 Å². The van der Waals surface area contributed by atoms with Gasteiger partial charge in [-0.1, -0.05) is 66.7 Å². The molecule has 2 fully saturated rings. The van der Waals surface area contributed by atoms with Crippen LogP contribution in [0.15, 0.2) is 0 Å².